The first-order valence-corrected chi connectivity index (χ1v) is 4.79. The Labute approximate surface area is 83.1 Å². The molecule has 1 heterocycles. The second-order valence-electron chi connectivity index (χ2n) is 3.57. The zero-order chi connectivity index (χ0) is 10.1. The Kier molecular flexibility index (Phi) is 2.17. The molecule has 0 radical (unpaired) electrons. The highest BCUT2D eigenvalue weighted by molar-refractivity contribution is 5.87. The number of nitrogens with one attached hydrogen (secondary N) is 1. The smallest absolute Gasteiger partial charge is 0.0460 e. The monoisotopic (exact) mass is 189 g/mol. The minimum atomic E-state index is 0.669. The molecule has 0 saturated heterocycles. The number of nitrogens with two attached hydrogens (primary N) is 2. The van der Waals surface area contributed by atoms with E-state index in [9.17, 15) is 0 Å². The molecular formula is C11H15N3. The van der Waals surface area contributed by atoms with Crippen molar-refractivity contribution in [2.45, 2.75) is 13.3 Å². The van der Waals surface area contributed by atoms with Crippen LogP contribution in [0.25, 0.3) is 10.9 Å². The fourth-order valence-corrected chi connectivity index (χ4v) is 1.87. The predicted octanol–water partition coefficient (Wildman–Crippen LogP) is 1.56. The molecular weight excluding hydrogens is 174 g/mol. The minimum absolute atomic E-state index is 0.669. The Morgan fingerprint density at radius 1 is 1.36 bits per heavy atom. The second-order valence-corrected chi connectivity index (χ2v) is 3.57. The van der Waals surface area contributed by atoms with Gasteiger partial charge >= 0.3 is 0 Å². The maximum atomic E-state index is 5.75. The third-order valence-electron chi connectivity index (χ3n) is 2.54. The van der Waals surface area contributed by atoms with Crippen molar-refractivity contribution in [3.05, 3.63) is 29.5 Å². The normalized spacial score (nSPS) is 11.0. The van der Waals surface area contributed by atoms with E-state index < -0.39 is 0 Å². The summed E-state index contributed by atoms with van der Waals surface area (Å²) in [5.41, 5.74) is 15.7. The highest BCUT2D eigenvalue weighted by Gasteiger charge is 2.07. The number of hydrogen-bond acceptors (Lipinski definition) is 2. The molecule has 1 aromatic heterocycles. The minimum Gasteiger partial charge on any atom is -0.399 e. The predicted molar refractivity (Wildman–Crippen MR) is 60.2 cm³/mol. The van der Waals surface area contributed by atoms with Crippen molar-refractivity contribution in [2.24, 2.45) is 5.73 Å². The van der Waals surface area contributed by atoms with Crippen LogP contribution in [-0.2, 0) is 6.42 Å². The van der Waals surface area contributed by atoms with Gasteiger partial charge in [0, 0.05) is 22.3 Å². The van der Waals surface area contributed by atoms with E-state index in [1.54, 1.807) is 0 Å². The Bertz CT molecular complexity index is 457. The van der Waals surface area contributed by atoms with E-state index in [1.807, 2.05) is 18.2 Å². The summed E-state index contributed by atoms with van der Waals surface area (Å²) >= 11 is 0. The molecule has 1 aromatic carbocycles. The molecule has 0 unspecified atom stereocenters. The summed E-state index contributed by atoms with van der Waals surface area (Å²) in [6, 6.07) is 5.92. The van der Waals surface area contributed by atoms with Crippen LogP contribution in [0.2, 0.25) is 0 Å². The van der Waals surface area contributed by atoms with E-state index in [4.69, 9.17) is 11.5 Å². The average molecular weight is 189 g/mol. The van der Waals surface area contributed by atoms with Gasteiger partial charge in [0.1, 0.15) is 0 Å². The number of aryl methyl sites for hydroxylation is 1. The molecule has 3 nitrogen and oxygen atoms in total. The zero-order valence-corrected chi connectivity index (χ0v) is 8.30. The summed E-state index contributed by atoms with van der Waals surface area (Å²) in [5.74, 6) is 0. The molecule has 2 aromatic rings. The lowest BCUT2D eigenvalue weighted by Crippen LogP contribution is -2.03. The van der Waals surface area contributed by atoms with Gasteiger partial charge in [-0.25, -0.2) is 0 Å². The molecule has 0 aliphatic heterocycles. The van der Waals surface area contributed by atoms with Crippen LogP contribution < -0.4 is 11.5 Å². The van der Waals surface area contributed by atoms with Gasteiger partial charge in [-0.05, 0) is 43.7 Å². The Morgan fingerprint density at radius 2 is 2.14 bits per heavy atom. The zero-order valence-electron chi connectivity index (χ0n) is 8.30. The largest absolute Gasteiger partial charge is 0.399 e. The number of aromatic nitrogens is 1. The molecule has 5 N–H and O–H groups in total. The fraction of sp³-hybridized carbons (Fsp3) is 0.273. The first-order valence-electron chi connectivity index (χ1n) is 4.79. The van der Waals surface area contributed by atoms with E-state index in [1.165, 1.54) is 16.6 Å². The third-order valence-corrected chi connectivity index (χ3v) is 2.54. The molecule has 0 fully saturated rings. The summed E-state index contributed by atoms with van der Waals surface area (Å²) in [6.07, 6.45) is 0.898. The molecule has 0 amide bonds. The van der Waals surface area contributed by atoms with E-state index >= 15 is 0 Å². The molecule has 2 rings (SSSR count). The van der Waals surface area contributed by atoms with Crippen LogP contribution in [0.1, 0.15) is 11.3 Å². The van der Waals surface area contributed by atoms with Gasteiger partial charge in [-0.2, -0.15) is 0 Å². The molecule has 0 saturated carbocycles. The van der Waals surface area contributed by atoms with E-state index in [0.29, 0.717) is 6.54 Å². The number of nitrogen functional groups attached to an aromatic ring is 1. The summed E-state index contributed by atoms with van der Waals surface area (Å²) in [5, 5.41) is 1.20. The van der Waals surface area contributed by atoms with Crippen LogP contribution in [0, 0.1) is 6.92 Å². The number of benzene rings is 1. The van der Waals surface area contributed by atoms with Crippen molar-refractivity contribution in [3.8, 4) is 0 Å². The van der Waals surface area contributed by atoms with Gasteiger partial charge < -0.3 is 16.5 Å². The SMILES string of the molecule is Cc1[nH]c2ccc(N)cc2c1CCN. The van der Waals surface area contributed by atoms with Gasteiger partial charge in [-0.1, -0.05) is 0 Å². The molecule has 74 valence electrons. The molecule has 3 heteroatoms. The molecule has 0 aliphatic carbocycles. The highest BCUT2D eigenvalue weighted by atomic mass is 14.7. The lowest BCUT2D eigenvalue weighted by Gasteiger charge is -1.98. The van der Waals surface area contributed by atoms with Crippen molar-refractivity contribution in [1.82, 2.24) is 4.98 Å². The van der Waals surface area contributed by atoms with Crippen LogP contribution in [-0.4, -0.2) is 11.5 Å². The lowest BCUT2D eigenvalue weighted by molar-refractivity contribution is 0.963. The topological polar surface area (TPSA) is 67.8 Å². The number of anilines is 1. The highest BCUT2D eigenvalue weighted by Crippen LogP contribution is 2.24. The van der Waals surface area contributed by atoms with Crippen molar-refractivity contribution < 1.29 is 0 Å². The maximum absolute atomic E-state index is 5.75. The molecule has 0 atom stereocenters. The number of rotatable bonds is 2. The summed E-state index contributed by atoms with van der Waals surface area (Å²) in [4.78, 5) is 3.33. The van der Waals surface area contributed by atoms with Crippen molar-refractivity contribution in [1.29, 1.82) is 0 Å². The Balaban J connectivity index is 2.66. The van der Waals surface area contributed by atoms with Crippen molar-refractivity contribution in [2.75, 3.05) is 12.3 Å². The summed E-state index contributed by atoms with van der Waals surface area (Å²) in [6.45, 7) is 2.74. The van der Waals surface area contributed by atoms with Gasteiger partial charge in [0.2, 0.25) is 0 Å². The van der Waals surface area contributed by atoms with Crippen LogP contribution in [0.5, 0.6) is 0 Å². The van der Waals surface area contributed by atoms with E-state index in [2.05, 4.69) is 11.9 Å². The molecule has 0 spiro atoms. The van der Waals surface area contributed by atoms with E-state index in [0.717, 1.165) is 17.6 Å². The summed E-state index contributed by atoms with van der Waals surface area (Å²) < 4.78 is 0. The molecule has 0 aliphatic rings. The van der Waals surface area contributed by atoms with Crippen molar-refractivity contribution >= 4 is 16.6 Å². The standard InChI is InChI=1S/C11H15N3/c1-7-9(4-5-12)10-6-8(13)2-3-11(10)14-7/h2-3,6,14H,4-5,12-13H2,1H3. The first kappa shape index (κ1) is 9.09. The quantitative estimate of drug-likeness (QED) is 0.627. The van der Waals surface area contributed by atoms with Gasteiger partial charge in [0.25, 0.3) is 0 Å². The maximum Gasteiger partial charge on any atom is 0.0460 e. The van der Waals surface area contributed by atoms with Crippen LogP contribution in [0.15, 0.2) is 18.2 Å². The Hall–Kier alpha value is -1.48. The van der Waals surface area contributed by atoms with Gasteiger partial charge in [0.05, 0.1) is 0 Å². The molecule has 0 bridgehead atoms. The summed E-state index contributed by atoms with van der Waals surface area (Å²) in [7, 11) is 0. The first-order chi connectivity index (χ1) is 6.72. The van der Waals surface area contributed by atoms with Gasteiger partial charge in [-0.15, -0.1) is 0 Å². The number of hydrogen-bond donors (Lipinski definition) is 3. The fourth-order valence-electron chi connectivity index (χ4n) is 1.87. The van der Waals surface area contributed by atoms with E-state index in [-0.39, 0.29) is 0 Å². The second kappa shape index (κ2) is 3.35. The van der Waals surface area contributed by atoms with Crippen LogP contribution in [0.3, 0.4) is 0 Å². The van der Waals surface area contributed by atoms with Crippen LogP contribution >= 0.6 is 0 Å². The number of fused-ring (bicyclic) bond motifs is 1. The Morgan fingerprint density at radius 3 is 2.86 bits per heavy atom. The van der Waals surface area contributed by atoms with Gasteiger partial charge in [0.15, 0.2) is 0 Å². The molecule has 14 heavy (non-hydrogen) atoms. The average Bonchev–Trinajstić information content (AvgIpc) is 2.45. The number of aromatic amines is 1. The van der Waals surface area contributed by atoms with Crippen LogP contribution in [0.4, 0.5) is 5.69 Å². The van der Waals surface area contributed by atoms with Gasteiger partial charge in [-0.3, -0.25) is 0 Å². The third kappa shape index (κ3) is 1.36. The van der Waals surface area contributed by atoms with Crippen molar-refractivity contribution in [3.63, 3.8) is 0 Å². The number of H-pyrrole nitrogens is 1. The lowest BCUT2D eigenvalue weighted by atomic mass is 10.1.